The summed E-state index contributed by atoms with van der Waals surface area (Å²) in [7, 11) is 1.59. The third-order valence-corrected chi connectivity index (χ3v) is 2.95. The Kier molecular flexibility index (Phi) is 3.33. The minimum absolute atomic E-state index is 0.188. The number of nitrogens with one attached hydrogen (secondary N) is 2. The molecule has 1 aromatic carbocycles. The van der Waals surface area contributed by atoms with E-state index in [9.17, 15) is 4.79 Å². The largest absolute Gasteiger partial charge is 0.493 e. The number of ether oxygens (including phenoxy) is 1. The summed E-state index contributed by atoms with van der Waals surface area (Å²) in [6.45, 7) is 1.19. The van der Waals surface area contributed by atoms with Crippen LogP contribution in [0.1, 0.15) is 11.1 Å². The minimum atomic E-state index is -0.188. The van der Waals surface area contributed by atoms with Gasteiger partial charge in [0.2, 0.25) is 0 Å². The molecule has 5 heteroatoms. The lowest BCUT2D eigenvalue weighted by Gasteiger charge is -2.10. The molecule has 0 fully saturated rings. The fourth-order valence-electron chi connectivity index (χ4n) is 1.74. The van der Waals surface area contributed by atoms with Crippen molar-refractivity contribution in [2.75, 3.05) is 13.7 Å². The van der Waals surface area contributed by atoms with Crippen molar-refractivity contribution < 1.29 is 9.53 Å². The van der Waals surface area contributed by atoms with Gasteiger partial charge in [-0.25, -0.2) is 4.79 Å². The molecule has 86 valence electrons. The first kappa shape index (κ1) is 11.3. The van der Waals surface area contributed by atoms with Gasteiger partial charge >= 0.3 is 6.03 Å². The van der Waals surface area contributed by atoms with Crippen molar-refractivity contribution in [2.45, 2.75) is 13.0 Å². The summed E-state index contributed by atoms with van der Waals surface area (Å²) in [5, 5.41) is 5.27. The number of amides is 2. The van der Waals surface area contributed by atoms with Gasteiger partial charge in [-0.15, -0.1) is 0 Å². The highest BCUT2D eigenvalue weighted by molar-refractivity contribution is 9.10. The molecule has 0 saturated carbocycles. The van der Waals surface area contributed by atoms with Gasteiger partial charge in [0.05, 0.1) is 6.61 Å². The number of hydrogen-bond acceptors (Lipinski definition) is 2. The topological polar surface area (TPSA) is 50.4 Å². The molecule has 2 N–H and O–H groups in total. The van der Waals surface area contributed by atoms with Crippen molar-refractivity contribution in [3.8, 4) is 5.75 Å². The predicted octanol–water partition coefficient (Wildman–Crippen LogP) is 1.81. The number of halogens is 1. The highest BCUT2D eigenvalue weighted by Gasteiger charge is 2.17. The van der Waals surface area contributed by atoms with Crippen LogP contribution in [0.4, 0.5) is 4.79 Å². The summed E-state index contributed by atoms with van der Waals surface area (Å²) < 4.78 is 6.58. The highest BCUT2D eigenvalue weighted by atomic mass is 79.9. The Bertz CT molecular complexity index is 421. The number of carbonyl (C=O) groups is 1. The molecule has 16 heavy (non-hydrogen) atoms. The van der Waals surface area contributed by atoms with Crippen LogP contribution in [0.25, 0.3) is 0 Å². The van der Waals surface area contributed by atoms with E-state index in [0.717, 1.165) is 28.8 Å². The molecule has 0 spiro atoms. The summed E-state index contributed by atoms with van der Waals surface area (Å²) in [5.74, 6) is 0.916. The number of carbonyl (C=O) groups excluding carboxylic acids is 1. The third-order valence-electron chi connectivity index (χ3n) is 2.49. The summed E-state index contributed by atoms with van der Waals surface area (Å²) in [6.07, 6.45) is 0.932. The molecule has 0 atom stereocenters. The second-order valence-electron chi connectivity index (χ2n) is 3.58. The quantitative estimate of drug-likeness (QED) is 0.870. The van der Waals surface area contributed by atoms with Gasteiger partial charge < -0.3 is 15.4 Å². The van der Waals surface area contributed by atoms with Gasteiger partial charge in [0.15, 0.2) is 0 Å². The normalized spacial score (nSPS) is 12.9. The number of fused-ring (bicyclic) bond motifs is 1. The van der Waals surface area contributed by atoms with Crippen LogP contribution >= 0.6 is 15.9 Å². The summed E-state index contributed by atoms with van der Waals surface area (Å²) >= 11 is 3.46. The first-order valence-corrected chi connectivity index (χ1v) is 5.89. The van der Waals surface area contributed by atoms with Crippen LogP contribution in [0.2, 0.25) is 0 Å². The molecular weight excluding hydrogens is 272 g/mol. The Balaban J connectivity index is 2.17. The molecule has 4 nitrogen and oxygen atoms in total. The molecule has 1 aliphatic heterocycles. The van der Waals surface area contributed by atoms with Gasteiger partial charge in [0, 0.05) is 30.0 Å². The maximum Gasteiger partial charge on any atom is 0.314 e. The predicted molar refractivity (Wildman–Crippen MR) is 64.6 cm³/mol. The average molecular weight is 285 g/mol. The summed E-state index contributed by atoms with van der Waals surface area (Å²) in [5.41, 5.74) is 2.20. The van der Waals surface area contributed by atoms with Gasteiger partial charge in [-0.3, -0.25) is 0 Å². The van der Waals surface area contributed by atoms with Crippen LogP contribution in [-0.2, 0) is 13.0 Å². The maximum absolute atomic E-state index is 11.1. The van der Waals surface area contributed by atoms with Crippen LogP contribution in [0.3, 0.4) is 0 Å². The number of urea groups is 1. The van der Waals surface area contributed by atoms with E-state index in [1.807, 2.05) is 6.07 Å². The Morgan fingerprint density at radius 1 is 1.56 bits per heavy atom. The van der Waals surface area contributed by atoms with E-state index < -0.39 is 0 Å². The maximum atomic E-state index is 11.1. The zero-order valence-corrected chi connectivity index (χ0v) is 10.6. The highest BCUT2D eigenvalue weighted by Crippen LogP contribution is 2.32. The Hall–Kier alpha value is -1.23. The zero-order chi connectivity index (χ0) is 11.5. The fourth-order valence-corrected chi connectivity index (χ4v) is 2.29. The van der Waals surface area contributed by atoms with Crippen LogP contribution in [0.15, 0.2) is 16.6 Å². The first-order chi connectivity index (χ1) is 7.70. The van der Waals surface area contributed by atoms with E-state index in [-0.39, 0.29) is 6.03 Å². The first-order valence-electron chi connectivity index (χ1n) is 5.10. The molecule has 0 saturated heterocycles. The number of rotatable bonds is 2. The van der Waals surface area contributed by atoms with Crippen molar-refractivity contribution in [3.63, 3.8) is 0 Å². The molecule has 0 aliphatic carbocycles. The van der Waals surface area contributed by atoms with Crippen LogP contribution < -0.4 is 15.4 Å². The average Bonchev–Trinajstić information content (AvgIpc) is 2.73. The molecule has 1 aliphatic rings. The van der Waals surface area contributed by atoms with Crippen LogP contribution in [-0.4, -0.2) is 19.7 Å². The lowest BCUT2D eigenvalue weighted by Crippen LogP contribution is -2.32. The molecule has 0 unspecified atom stereocenters. The Labute approximate surface area is 102 Å². The van der Waals surface area contributed by atoms with Crippen molar-refractivity contribution in [3.05, 3.63) is 27.7 Å². The second kappa shape index (κ2) is 4.74. The minimum Gasteiger partial charge on any atom is -0.493 e. The number of benzene rings is 1. The fraction of sp³-hybridized carbons (Fsp3) is 0.364. The van der Waals surface area contributed by atoms with Crippen LogP contribution in [0.5, 0.6) is 5.75 Å². The summed E-state index contributed by atoms with van der Waals surface area (Å²) in [6, 6.07) is 3.85. The molecule has 0 aromatic heterocycles. The van der Waals surface area contributed by atoms with Gasteiger partial charge in [-0.1, -0.05) is 15.9 Å². The van der Waals surface area contributed by atoms with Gasteiger partial charge in [-0.2, -0.15) is 0 Å². The van der Waals surface area contributed by atoms with Gasteiger partial charge in [0.25, 0.3) is 0 Å². The van der Waals surface area contributed by atoms with E-state index in [0.29, 0.717) is 6.54 Å². The third kappa shape index (κ3) is 2.29. The van der Waals surface area contributed by atoms with Crippen molar-refractivity contribution >= 4 is 22.0 Å². The SMILES string of the molecule is CNC(=O)NCc1cc(Br)cc2c1OCC2. The van der Waals surface area contributed by atoms with E-state index >= 15 is 0 Å². The van der Waals surface area contributed by atoms with E-state index in [2.05, 4.69) is 32.6 Å². The smallest absolute Gasteiger partial charge is 0.314 e. The van der Waals surface area contributed by atoms with Crippen molar-refractivity contribution in [1.29, 1.82) is 0 Å². The van der Waals surface area contributed by atoms with E-state index in [4.69, 9.17) is 4.74 Å². The molecule has 1 aromatic rings. The van der Waals surface area contributed by atoms with Gasteiger partial charge in [-0.05, 0) is 17.7 Å². The standard InChI is InChI=1S/C11H13BrN2O2/c1-13-11(15)14-6-8-5-9(12)4-7-2-3-16-10(7)8/h4-5H,2-3,6H2,1H3,(H2,13,14,15). The Morgan fingerprint density at radius 2 is 2.38 bits per heavy atom. The molecule has 2 rings (SSSR count). The number of hydrogen-bond donors (Lipinski definition) is 2. The molecular formula is C11H13BrN2O2. The molecule has 0 radical (unpaired) electrons. The van der Waals surface area contributed by atoms with Crippen LogP contribution in [0, 0.1) is 0 Å². The lowest BCUT2D eigenvalue weighted by molar-refractivity contribution is 0.242. The Morgan fingerprint density at radius 3 is 3.12 bits per heavy atom. The second-order valence-corrected chi connectivity index (χ2v) is 4.50. The molecule has 1 heterocycles. The monoisotopic (exact) mass is 284 g/mol. The zero-order valence-electron chi connectivity index (χ0n) is 8.97. The van der Waals surface area contributed by atoms with Gasteiger partial charge in [0.1, 0.15) is 5.75 Å². The van der Waals surface area contributed by atoms with Crippen molar-refractivity contribution in [1.82, 2.24) is 10.6 Å². The lowest BCUT2D eigenvalue weighted by atomic mass is 10.1. The van der Waals surface area contributed by atoms with Crippen molar-refractivity contribution in [2.24, 2.45) is 0 Å². The van der Waals surface area contributed by atoms with E-state index in [1.165, 1.54) is 5.56 Å². The summed E-state index contributed by atoms with van der Waals surface area (Å²) in [4.78, 5) is 11.1. The molecule has 2 amide bonds. The van der Waals surface area contributed by atoms with E-state index in [1.54, 1.807) is 7.05 Å². The molecule has 0 bridgehead atoms.